The molecule has 0 aliphatic carbocycles. The standard InChI is InChI=1S/C17H22N2O2.ClH/c1-13(12-18-2)17(20)19-10-11-21-16-9-5-7-14-6-3-4-8-15(14)16;/h3-9,13,18H,10-12H2,1-2H3,(H,19,20);1H. The van der Waals surface area contributed by atoms with Crippen LogP contribution in [0.1, 0.15) is 6.92 Å². The molecule has 0 saturated carbocycles. The van der Waals surface area contributed by atoms with Crippen LogP contribution in [0, 0.1) is 5.92 Å². The second kappa shape index (κ2) is 9.28. The van der Waals surface area contributed by atoms with E-state index >= 15 is 0 Å². The second-order valence-corrected chi connectivity index (χ2v) is 5.08. The number of fused-ring (bicyclic) bond motifs is 1. The van der Waals surface area contributed by atoms with E-state index < -0.39 is 0 Å². The smallest absolute Gasteiger partial charge is 0.224 e. The highest BCUT2D eigenvalue weighted by Gasteiger charge is 2.10. The molecule has 0 heterocycles. The van der Waals surface area contributed by atoms with E-state index in [4.69, 9.17) is 4.74 Å². The van der Waals surface area contributed by atoms with Crippen molar-refractivity contribution in [2.24, 2.45) is 5.92 Å². The fourth-order valence-corrected chi connectivity index (χ4v) is 2.23. The Morgan fingerprint density at radius 3 is 2.68 bits per heavy atom. The molecule has 0 radical (unpaired) electrons. The zero-order valence-corrected chi connectivity index (χ0v) is 13.8. The van der Waals surface area contributed by atoms with Crippen LogP contribution >= 0.6 is 12.4 Å². The van der Waals surface area contributed by atoms with Crippen molar-refractivity contribution in [2.45, 2.75) is 6.92 Å². The number of nitrogens with one attached hydrogen (secondary N) is 2. The monoisotopic (exact) mass is 322 g/mol. The number of carbonyl (C=O) groups excluding carboxylic acids is 1. The first kappa shape index (κ1) is 18.3. The zero-order chi connectivity index (χ0) is 15.1. The van der Waals surface area contributed by atoms with Gasteiger partial charge in [-0.25, -0.2) is 0 Å². The van der Waals surface area contributed by atoms with Gasteiger partial charge in [0.1, 0.15) is 12.4 Å². The van der Waals surface area contributed by atoms with Gasteiger partial charge in [0.25, 0.3) is 0 Å². The molecule has 2 aromatic carbocycles. The van der Waals surface area contributed by atoms with Crippen LogP contribution in [-0.2, 0) is 4.79 Å². The Hall–Kier alpha value is -1.78. The van der Waals surface area contributed by atoms with Crippen molar-refractivity contribution >= 4 is 29.1 Å². The maximum Gasteiger partial charge on any atom is 0.224 e. The average molecular weight is 323 g/mol. The summed E-state index contributed by atoms with van der Waals surface area (Å²) >= 11 is 0. The van der Waals surface area contributed by atoms with E-state index in [1.54, 1.807) is 0 Å². The van der Waals surface area contributed by atoms with Crippen molar-refractivity contribution in [1.29, 1.82) is 0 Å². The van der Waals surface area contributed by atoms with E-state index in [2.05, 4.69) is 22.8 Å². The molecule has 0 aliphatic rings. The number of hydrogen-bond acceptors (Lipinski definition) is 3. The highest BCUT2D eigenvalue weighted by atomic mass is 35.5. The Balaban J connectivity index is 0.00000242. The number of amides is 1. The molecule has 120 valence electrons. The van der Waals surface area contributed by atoms with Gasteiger partial charge in [-0.2, -0.15) is 0 Å². The lowest BCUT2D eigenvalue weighted by molar-refractivity contribution is -0.124. The van der Waals surface area contributed by atoms with E-state index in [1.165, 1.54) is 0 Å². The van der Waals surface area contributed by atoms with E-state index in [0.29, 0.717) is 19.7 Å². The number of ether oxygens (including phenoxy) is 1. The summed E-state index contributed by atoms with van der Waals surface area (Å²) in [5.41, 5.74) is 0. The molecule has 5 heteroatoms. The highest BCUT2D eigenvalue weighted by molar-refractivity contribution is 5.88. The summed E-state index contributed by atoms with van der Waals surface area (Å²) in [7, 11) is 1.84. The molecule has 2 aromatic rings. The molecule has 22 heavy (non-hydrogen) atoms. The Morgan fingerprint density at radius 2 is 1.91 bits per heavy atom. The van der Waals surface area contributed by atoms with Crippen LogP contribution in [0.25, 0.3) is 10.8 Å². The van der Waals surface area contributed by atoms with Crippen molar-refractivity contribution in [3.05, 3.63) is 42.5 Å². The lowest BCUT2D eigenvalue weighted by atomic mass is 10.1. The molecule has 1 amide bonds. The van der Waals surface area contributed by atoms with Gasteiger partial charge in [-0.3, -0.25) is 4.79 Å². The second-order valence-electron chi connectivity index (χ2n) is 5.08. The van der Waals surface area contributed by atoms with Gasteiger partial charge in [-0.1, -0.05) is 43.3 Å². The first-order chi connectivity index (χ1) is 10.2. The highest BCUT2D eigenvalue weighted by Crippen LogP contribution is 2.24. The molecule has 0 aliphatic heterocycles. The summed E-state index contributed by atoms with van der Waals surface area (Å²) in [4.78, 5) is 11.7. The number of hydrogen-bond donors (Lipinski definition) is 2. The third kappa shape index (κ3) is 4.90. The van der Waals surface area contributed by atoms with Crippen LogP contribution in [-0.4, -0.2) is 32.7 Å². The first-order valence-corrected chi connectivity index (χ1v) is 7.25. The molecular formula is C17H23ClN2O2. The molecule has 2 N–H and O–H groups in total. The minimum atomic E-state index is -0.0347. The lowest BCUT2D eigenvalue weighted by Gasteiger charge is -2.13. The van der Waals surface area contributed by atoms with Gasteiger partial charge < -0.3 is 15.4 Å². The summed E-state index contributed by atoms with van der Waals surface area (Å²) in [5.74, 6) is 0.865. The molecule has 1 atom stereocenters. The number of rotatable bonds is 7. The summed E-state index contributed by atoms with van der Waals surface area (Å²) < 4.78 is 5.78. The van der Waals surface area contributed by atoms with Crippen LogP contribution in [0.3, 0.4) is 0 Å². The number of halogens is 1. The van der Waals surface area contributed by atoms with Gasteiger partial charge >= 0.3 is 0 Å². The third-order valence-corrected chi connectivity index (χ3v) is 3.37. The first-order valence-electron chi connectivity index (χ1n) is 7.25. The van der Waals surface area contributed by atoms with Crippen LogP contribution in [0.5, 0.6) is 5.75 Å². The SMILES string of the molecule is CNCC(C)C(=O)NCCOc1cccc2ccccc12.Cl. The molecule has 1 unspecified atom stereocenters. The van der Waals surface area contributed by atoms with E-state index in [0.717, 1.165) is 16.5 Å². The van der Waals surface area contributed by atoms with Gasteiger partial charge in [0.2, 0.25) is 5.91 Å². The topological polar surface area (TPSA) is 50.4 Å². The average Bonchev–Trinajstić information content (AvgIpc) is 2.51. The summed E-state index contributed by atoms with van der Waals surface area (Å²) in [5, 5.41) is 8.12. The van der Waals surface area contributed by atoms with Gasteiger partial charge in [0, 0.05) is 17.8 Å². The molecule has 0 spiro atoms. The maximum atomic E-state index is 11.7. The van der Waals surface area contributed by atoms with Crippen molar-refractivity contribution in [2.75, 3.05) is 26.7 Å². The van der Waals surface area contributed by atoms with E-state index in [9.17, 15) is 4.79 Å². The fraction of sp³-hybridized carbons (Fsp3) is 0.353. The maximum absolute atomic E-state index is 11.7. The van der Waals surface area contributed by atoms with Crippen molar-refractivity contribution < 1.29 is 9.53 Å². The van der Waals surface area contributed by atoms with Gasteiger partial charge in [0.05, 0.1) is 6.54 Å². The van der Waals surface area contributed by atoms with Crippen LogP contribution in [0.15, 0.2) is 42.5 Å². The molecule has 0 fully saturated rings. The van der Waals surface area contributed by atoms with E-state index in [-0.39, 0.29) is 24.2 Å². The molecule has 0 saturated heterocycles. The quantitative estimate of drug-likeness (QED) is 0.770. The third-order valence-electron chi connectivity index (χ3n) is 3.37. The van der Waals surface area contributed by atoms with Gasteiger partial charge in [-0.15, -0.1) is 12.4 Å². The Labute approximate surface area is 137 Å². The molecule has 0 aromatic heterocycles. The predicted octanol–water partition coefficient (Wildman–Crippen LogP) is 2.61. The van der Waals surface area contributed by atoms with Crippen molar-refractivity contribution in [3.8, 4) is 5.75 Å². The molecule has 2 rings (SSSR count). The van der Waals surface area contributed by atoms with Gasteiger partial charge in [0.15, 0.2) is 0 Å². The fourth-order valence-electron chi connectivity index (χ4n) is 2.23. The number of benzene rings is 2. The normalized spacial score (nSPS) is 11.5. The minimum Gasteiger partial charge on any atom is -0.491 e. The number of carbonyl (C=O) groups is 1. The Bertz CT molecular complexity index is 599. The Morgan fingerprint density at radius 1 is 1.18 bits per heavy atom. The summed E-state index contributed by atoms with van der Waals surface area (Å²) in [6.45, 7) is 3.55. The largest absolute Gasteiger partial charge is 0.491 e. The predicted molar refractivity (Wildman–Crippen MR) is 92.8 cm³/mol. The zero-order valence-electron chi connectivity index (χ0n) is 13.0. The summed E-state index contributed by atoms with van der Waals surface area (Å²) in [6.07, 6.45) is 0. The van der Waals surface area contributed by atoms with Crippen molar-refractivity contribution in [3.63, 3.8) is 0 Å². The van der Waals surface area contributed by atoms with Crippen LogP contribution in [0.4, 0.5) is 0 Å². The van der Waals surface area contributed by atoms with E-state index in [1.807, 2.05) is 44.3 Å². The van der Waals surface area contributed by atoms with Crippen LogP contribution < -0.4 is 15.4 Å². The minimum absolute atomic E-state index is 0. The lowest BCUT2D eigenvalue weighted by Crippen LogP contribution is -2.36. The molecule has 4 nitrogen and oxygen atoms in total. The van der Waals surface area contributed by atoms with Crippen LogP contribution in [0.2, 0.25) is 0 Å². The molecular weight excluding hydrogens is 300 g/mol. The van der Waals surface area contributed by atoms with Crippen molar-refractivity contribution in [1.82, 2.24) is 10.6 Å². The molecule has 0 bridgehead atoms. The Kier molecular flexibility index (Phi) is 7.71. The summed E-state index contributed by atoms with van der Waals surface area (Å²) in [6, 6.07) is 14.1. The van der Waals surface area contributed by atoms with Gasteiger partial charge in [-0.05, 0) is 18.5 Å².